The average molecular weight is 324 g/mol. The molecule has 0 saturated carbocycles. The lowest BCUT2D eigenvalue weighted by atomic mass is 10.2. The van der Waals surface area contributed by atoms with Crippen LogP contribution in [0.2, 0.25) is 0 Å². The number of hydrogen-bond donors (Lipinski definition) is 0. The first-order chi connectivity index (χ1) is 8.40. The summed E-state index contributed by atoms with van der Waals surface area (Å²) in [5.74, 6) is 3.23. The number of benzene rings is 1. The first-order valence-electron chi connectivity index (χ1n) is 5.37. The summed E-state index contributed by atoms with van der Waals surface area (Å²) >= 11 is 1.55. The topological polar surface area (TPSA) is 28.0 Å². The minimum absolute atomic E-state index is 0. The van der Waals surface area contributed by atoms with Gasteiger partial charge in [-0.15, -0.1) is 23.4 Å². The molecular weight excluding hydrogens is 310 g/mol. The molecule has 1 aromatic rings. The Morgan fingerprint density at radius 2 is 2.22 bits per heavy atom. The molecule has 0 radical (unpaired) electrons. The number of hydrazone groups is 1. The van der Waals surface area contributed by atoms with Crippen LogP contribution in [0, 0.1) is 12.3 Å². The zero-order chi connectivity index (χ0) is 11.9. The summed E-state index contributed by atoms with van der Waals surface area (Å²) in [5, 5.41) is 7.23. The van der Waals surface area contributed by atoms with E-state index in [0.717, 1.165) is 23.8 Å². The van der Waals surface area contributed by atoms with Crippen molar-refractivity contribution in [1.29, 1.82) is 0 Å². The number of halogens is 1. The predicted molar refractivity (Wildman–Crippen MR) is 84.7 cm³/mol. The van der Waals surface area contributed by atoms with Crippen molar-refractivity contribution in [2.24, 2.45) is 10.1 Å². The number of nitrogens with zero attached hydrogens (tertiary/aromatic N) is 3. The van der Waals surface area contributed by atoms with Crippen molar-refractivity contribution in [1.82, 2.24) is 5.01 Å². The van der Waals surface area contributed by atoms with Gasteiger partial charge in [-0.2, -0.15) is 5.10 Å². The highest BCUT2D eigenvalue weighted by atomic mass is 79.9. The van der Waals surface area contributed by atoms with E-state index >= 15 is 0 Å². The third-order valence-corrected chi connectivity index (χ3v) is 3.12. The highest BCUT2D eigenvalue weighted by molar-refractivity contribution is 8.93. The number of amidine groups is 1. The van der Waals surface area contributed by atoms with Crippen LogP contribution < -0.4 is 0 Å². The summed E-state index contributed by atoms with van der Waals surface area (Å²) in [6, 6.07) is 10.0. The van der Waals surface area contributed by atoms with Crippen LogP contribution in [0.4, 0.5) is 0 Å². The van der Waals surface area contributed by atoms with Crippen molar-refractivity contribution in [3.63, 3.8) is 0 Å². The Hall–Kier alpha value is -1.25. The first kappa shape index (κ1) is 14.8. The van der Waals surface area contributed by atoms with E-state index in [1.54, 1.807) is 11.8 Å². The average Bonchev–Trinajstić information content (AvgIpc) is 2.82. The molecule has 5 heteroatoms. The van der Waals surface area contributed by atoms with Gasteiger partial charge >= 0.3 is 0 Å². The fraction of sp³-hybridized carbons (Fsp3) is 0.231. The smallest absolute Gasteiger partial charge is 0.180 e. The van der Waals surface area contributed by atoms with E-state index in [2.05, 4.69) is 16.0 Å². The Morgan fingerprint density at radius 1 is 1.44 bits per heavy atom. The second-order valence-electron chi connectivity index (χ2n) is 3.44. The van der Waals surface area contributed by atoms with Crippen molar-refractivity contribution < 1.29 is 0 Å². The Balaban J connectivity index is 0.00000162. The van der Waals surface area contributed by atoms with Gasteiger partial charge in [0.2, 0.25) is 0 Å². The molecule has 1 aliphatic heterocycles. The van der Waals surface area contributed by atoms with E-state index < -0.39 is 0 Å². The van der Waals surface area contributed by atoms with E-state index in [-0.39, 0.29) is 17.0 Å². The van der Waals surface area contributed by atoms with Gasteiger partial charge in [0.25, 0.3) is 0 Å². The van der Waals surface area contributed by atoms with Crippen LogP contribution in [0.15, 0.2) is 40.4 Å². The molecule has 3 nitrogen and oxygen atoms in total. The van der Waals surface area contributed by atoms with Gasteiger partial charge in [-0.25, -0.2) is 5.01 Å². The fourth-order valence-electron chi connectivity index (χ4n) is 1.43. The lowest BCUT2D eigenvalue weighted by molar-refractivity contribution is 0.499. The molecule has 0 N–H and O–H groups in total. The summed E-state index contributed by atoms with van der Waals surface area (Å²) in [6.07, 6.45) is 7.08. The van der Waals surface area contributed by atoms with Crippen molar-refractivity contribution in [2.75, 3.05) is 18.8 Å². The van der Waals surface area contributed by atoms with E-state index in [1.165, 1.54) is 0 Å². The Kier molecular flexibility index (Phi) is 6.55. The number of aliphatic imine (C=N–C) groups is 1. The van der Waals surface area contributed by atoms with Crippen LogP contribution in [-0.2, 0) is 0 Å². The standard InChI is InChI=1S/C13H13N3S.BrH/c1-2-10-17-13-14-8-9-16(13)15-11-12-6-4-3-5-7-12;/h1,3-7,11H,8-10H2;1H/b15-11+;. The Labute approximate surface area is 122 Å². The van der Waals surface area contributed by atoms with Crippen LogP contribution in [0.1, 0.15) is 5.56 Å². The largest absolute Gasteiger partial charge is 0.259 e. The van der Waals surface area contributed by atoms with Crippen LogP contribution in [0.5, 0.6) is 0 Å². The van der Waals surface area contributed by atoms with Gasteiger partial charge in [0.05, 0.1) is 25.1 Å². The fourth-order valence-corrected chi connectivity index (χ4v) is 2.11. The molecule has 0 amide bonds. The zero-order valence-corrected chi connectivity index (χ0v) is 12.4. The molecule has 0 saturated heterocycles. The third-order valence-electron chi connectivity index (χ3n) is 2.21. The monoisotopic (exact) mass is 323 g/mol. The maximum atomic E-state index is 5.23. The molecule has 2 rings (SSSR count). The maximum Gasteiger partial charge on any atom is 0.180 e. The number of rotatable bonds is 3. The lowest BCUT2D eigenvalue weighted by Crippen LogP contribution is -2.19. The summed E-state index contributed by atoms with van der Waals surface area (Å²) in [6.45, 7) is 1.62. The van der Waals surface area contributed by atoms with Gasteiger partial charge in [-0.3, -0.25) is 4.99 Å². The van der Waals surface area contributed by atoms with Gasteiger partial charge in [0, 0.05) is 0 Å². The molecule has 0 bridgehead atoms. The van der Waals surface area contributed by atoms with Gasteiger partial charge < -0.3 is 0 Å². The van der Waals surface area contributed by atoms with Crippen molar-refractivity contribution in [3.05, 3.63) is 35.9 Å². The maximum absolute atomic E-state index is 5.23. The number of hydrogen-bond acceptors (Lipinski definition) is 4. The van der Waals surface area contributed by atoms with Crippen molar-refractivity contribution in [3.8, 4) is 12.3 Å². The molecule has 1 aliphatic rings. The quantitative estimate of drug-likeness (QED) is 0.632. The molecule has 1 aromatic carbocycles. The molecule has 18 heavy (non-hydrogen) atoms. The third kappa shape index (κ3) is 4.21. The van der Waals surface area contributed by atoms with Crippen molar-refractivity contribution in [2.45, 2.75) is 0 Å². The van der Waals surface area contributed by atoms with E-state index in [4.69, 9.17) is 6.42 Å². The van der Waals surface area contributed by atoms with Crippen LogP contribution in [-0.4, -0.2) is 35.2 Å². The van der Waals surface area contributed by atoms with E-state index in [1.807, 2.05) is 41.6 Å². The molecule has 0 aliphatic carbocycles. The minimum Gasteiger partial charge on any atom is -0.259 e. The second-order valence-corrected chi connectivity index (χ2v) is 4.38. The van der Waals surface area contributed by atoms with Crippen LogP contribution in [0.25, 0.3) is 0 Å². The SMILES string of the molecule is Br.C#CCSC1=NCCN1/N=C/c1ccccc1. The molecule has 94 valence electrons. The molecule has 0 spiro atoms. The molecule has 0 atom stereocenters. The first-order valence-corrected chi connectivity index (χ1v) is 6.36. The van der Waals surface area contributed by atoms with Crippen molar-refractivity contribution >= 4 is 40.1 Å². The second kappa shape index (κ2) is 7.96. The highest BCUT2D eigenvalue weighted by Gasteiger charge is 2.15. The van der Waals surface area contributed by atoms with E-state index in [0.29, 0.717) is 5.75 Å². The molecular formula is C13H14BrN3S. The van der Waals surface area contributed by atoms with E-state index in [9.17, 15) is 0 Å². The lowest BCUT2D eigenvalue weighted by Gasteiger charge is -2.11. The molecule has 0 unspecified atom stereocenters. The van der Waals surface area contributed by atoms with Gasteiger partial charge in [0.1, 0.15) is 0 Å². The van der Waals surface area contributed by atoms with Gasteiger partial charge in [-0.05, 0) is 5.56 Å². The summed E-state index contributed by atoms with van der Waals surface area (Å²) in [5.41, 5.74) is 1.08. The normalized spacial score (nSPS) is 14.2. The van der Waals surface area contributed by atoms with Crippen LogP contribution in [0.3, 0.4) is 0 Å². The number of thioether (sulfide) groups is 1. The summed E-state index contributed by atoms with van der Waals surface area (Å²) in [4.78, 5) is 4.36. The van der Waals surface area contributed by atoms with Gasteiger partial charge in [-0.1, -0.05) is 48.0 Å². The summed E-state index contributed by atoms with van der Waals surface area (Å²) in [7, 11) is 0. The molecule has 0 aromatic heterocycles. The highest BCUT2D eigenvalue weighted by Crippen LogP contribution is 2.14. The molecule has 0 fully saturated rings. The zero-order valence-electron chi connectivity index (χ0n) is 9.82. The Morgan fingerprint density at radius 3 is 2.94 bits per heavy atom. The van der Waals surface area contributed by atoms with Crippen LogP contribution >= 0.6 is 28.7 Å². The Bertz CT molecular complexity index is 465. The molecule has 1 heterocycles. The predicted octanol–water partition coefficient (Wildman–Crippen LogP) is 2.64. The minimum atomic E-state index is 0. The van der Waals surface area contributed by atoms with Gasteiger partial charge in [0.15, 0.2) is 5.17 Å². The number of terminal acetylenes is 1. The summed E-state index contributed by atoms with van der Waals surface area (Å²) < 4.78 is 0.